The molecule has 2 aromatic rings. The lowest BCUT2D eigenvalue weighted by Crippen LogP contribution is -2.37. The lowest BCUT2D eigenvalue weighted by molar-refractivity contribution is -0.129. The molecule has 0 bridgehead atoms. The van der Waals surface area contributed by atoms with Crippen LogP contribution in [0.2, 0.25) is 0 Å². The Morgan fingerprint density at radius 2 is 1.69 bits per heavy atom. The first kappa shape index (κ1) is 19.3. The predicted molar refractivity (Wildman–Crippen MR) is 99.4 cm³/mol. The molecular formula is C20H24N2O4. The van der Waals surface area contributed by atoms with E-state index in [0.29, 0.717) is 30.9 Å². The molecule has 0 aliphatic rings. The van der Waals surface area contributed by atoms with Gasteiger partial charge in [0.05, 0.1) is 14.2 Å². The van der Waals surface area contributed by atoms with E-state index in [2.05, 4.69) is 5.32 Å². The smallest absolute Gasteiger partial charge is 0.251 e. The number of ether oxygens (including phenoxy) is 2. The summed E-state index contributed by atoms with van der Waals surface area (Å²) in [5.74, 6) is 1.19. The van der Waals surface area contributed by atoms with Crippen LogP contribution in [0.3, 0.4) is 0 Å². The average molecular weight is 356 g/mol. The number of nitrogens with zero attached hydrogens (tertiary/aromatic N) is 1. The van der Waals surface area contributed by atoms with Crippen LogP contribution in [0.25, 0.3) is 0 Å². The van der Waals surface area contributed by atoms with Gasteiger partial charge in [-0.25, -0.2) is 0 Å². The molecule has 2 amide bonds. The SMILES string of the molecule is COc1ccc(C(=O)NCCN(Cc2ccccc2OC)C(C)=O)cc1. The molecule has 0 atom stereocenters. The van der Waals surface area contributed by atoms with Crippen molar-refractivity contribution in [2.24, 2.45) is 0 Å². The molecule has 0 heterocycles. The van der Waals surface area contributed by atoms with Gasteiger partial charge >= 0.3 is 0 Å². The third kappa shape index (κ3) is 5.24. The van der Waals surface area contributed by atoms with Gasteiger partial charge in [0.2, 0.25) is 5.91 Å². The lowest BCUT2D eigenvalue weighted by atomic mass is 10.2. The zero-order valence-corrected chi connectivity index (χ0v) is 15.3. The number of hydrogen-bond acceptors (Lipinski definition) is 4. The van der Waals surface area contributed by atoms with Gasteiger partial charge < -0.3 is 19.7 Å². The Kier molecular flexibility index (Phi) is 7.02. The van der Waals surface area contributed by atoms with E-state index in [1.165, 1.54) is 6.92 Å². The van der Waals surface area contributed by atoms with Crippen molar-refractivity contribution in [3.63, 3.8) is 0 Å². The maximum Gasteiger partial charge on any atom is 0.251 e. The fourth-order valence-corrected chi connectivity index (χ4v) is 2.54. The fourth-order valence-electron chi connectivity index (χ4n) is 2.54. The number of rotatable bonds is 8. The summed E-state index contributed by atoms with van der Waals surface area (Å²) in [4.78, 5) is 25.8. The van der Waals surface area contributed by atoms with Crippen LogP contribution in [-0.4, -0.2) is 44.0 Å². The second kappa shape index (κ2) is 9.46. The minimum Gasteiger partial charge on any atom is -0.497 e. The van der Waals surface area contributed by atoms with Crippen molar-refractivity contribution in [3.05, 3.63) is 59.7 Å². The molecule has 6 heteroatoms. The maximum atomic E-state index is 12.2. The van der Waals surface area contributed by atoms with Gasteiger partial charge in [-0.2, -0.15) is 0 Å². The summed E-state index contributed by atoms with van der Waals surface area (Å²) < 4.78 is 10.4. The van der Waals surface area contributed by atoms with Gasteiger partial charge in [0, 0.05) is 37.7 Å². The van der Waals surface area contributed by atoms with Crippen LogP contribution < -0.4 is 14.8 Å². The maximum absolute atomic E-state index is 12.2. The first-order chi connectivity index (χ1) is 12.5. The van der Waals surface area contributed by atoms with Crippen molar-refractivity contribution in [3.8, 4) is 11.5 Å². The molecule has 0 aliphatic carbocycles. The minimum absolute atomic E-state index is 0.0606. The number of carbonyl (C=O) groups is 2. The Bertz CT molecular complexity index is 744. The molecule has 0 aliphatic heterocycles. The van der Waals surface area contributed by atoms with Crippen LogP contribution in [0, 0.1) is 0 Å². The molecule has 26 heavy (non-hydrogen) atoms. The zero-order valence-electron chi connectivity index (χ0n) is 15.3. The van der Waals surface area contributed by atoms with E-state index < -0.39 is 0 Å². The summed E-state index contributed by atoms with van der Waals surface area (Å²) in [6.45, 7) is 2.72. The highest BCUT2D eigenvalue weighted by Crippen LogP contribution is 2.19. The van der Waals surface area contributed by atoms with Gasteiger partial charge in [0.1, 0.15) is 11.5 Å². The molecule has 0 spiro atoms. The standard InChI is InChI=1S/C20H24N2O4/c1-15(23)22(14-17-6-4-5-7-19(17)26-3)13-12-21-20(24)16-8-10-18(25-2)11-9-16/h4-11H,12-14H2,1-3H3,(H,21,24). The molecule has 2 aromatic carbocycles. The highest BCUT2D eigenvalue weighted by molar-refractivity contribution is 5.94. The Hall–Kier alpha value is -3.02. The van der Waals surface area contributed by atoms with E-state index in [-0.39, 0.29) is 11.8 Å². The van der Waals surface area contributed by atoms with Gasteiger partial charge in [-0.3, -0.25) is 9.59 Å². The quantitative estimate of drug-likeness (QED) is 0.789. The summed E-state index contributed by atoms with van der Waals surface area (Å²) in [5, 5.41) is 2.83. The van der Waals surface area contributed by atoms with Gasteiger partial charge in [-0.05, 0) is 30.3 Å². The average Bonchev–Trinajstić information content (AvgIpc) is 2.67. The van der Waals surface area contributed by atoms with Gasteiger partial charge in [0.15, 0.2) is 0 Å². The summed E-state index contributed by atoms with van der Waals surface area (Å²) in [5.41, 5.74) is 1.47. The molecule has 0 saturated carbocycles. The molecule has 0 fully saturated rings. The predicted octanol–water partition coefficient (Wildman–Crippen LogP) is 2.48. The van der Waals surface area contributed by atoms with Gasteiger partial charge in [-0.1, -0.05) is 18.2 Å². The molecule has 0 radical (unpaired) electrons. The first-order valence-corrected chi connectivity index (χ1v) is 8.34. The third-order valence-electron chi connectivity index (χ3n) is 4.02. The summed E-state index contributed by atoms with van der Waals surface area (Å²) in [6.07, 6.45) is 0. The van der Waals surface area contributed by atoms with Crippen molar-refractivity contribution in [1.82, 2.24) is 10.2 Å². The number of benzene rings is 2. The number of para-hydroxylation sites is 1. The van der Waals surface area contributed by atoms with E-state index in [9.17, 15) is 9.59 Å². The molecule has 138 valence electrons. The Balaban J connectivity index is 1.91. The first-order valence-electron chi connectivity index (χ1n) is 8.34. The van der Waals surface area contributed by atoms with Crippen molar-refractivity contribution in [1.29, 1.82) is 0 Å². The molecule has 6 nitrogen and oxygen atoms in total. The minimum atomic E-state index is -0.187. The highest BCUT2D eigenvalue weighted by Gasteiger charge is 2.13. The van der Waals surface area contributed by atoms with Crippen LogP contribution in [0.5, 0.6) is 11.5 Å². The zero-order chi connectivity index (χ0) is 18.9. The summed E-state index contributed by atoms with van der Waals surface area (Å²) >= 11 is 0. The summed E-state index contributed by atoms with van der Waals surface area (Å²) in [6, 6.07) is 14.4. The Labute approximate surface area is 153 Å². The van der Waals surface area contributed by atoms with Crippen LogP contribution >= 0.6 is 0 Å². The molecule has 0 saturated heterocycles. The van der Waals surface area contributed by atoms with Crippen LogP contribution in [0.4, 0.5) is 0 Å². The lowest BCUT2D eigenvalue weighted by Gasteiger charge is -2.22. The van der Waals surface area contributed by atoms with E-state index in [0.717, 1.165) is 11.3 Å². The second-order valence-corrected chi connectivity index (χ2v) is 5.74. The largest absolute Gasteiger partial charge is 0.497 e. The number of methoxy groups -OCH3 is 2. The number of carbonyl (C=O) groups excluding carboxylic acids is 2. The Morgan fingerprint density at radius 1 is 1.00 bits per heavy atom. The van der Waals surface area contributed by atoms with Crippen LogP contribution in [0.15, 0.2) is 48.5 Å². The normalized spacial score (nSPS) is 10.1. The highest BCUT2D eigenvalue weighted by atomic mass is 16.5. The van der Waals surface area contributed by atoms with Crippen molar-refractivity contribution in [2.75, 3.05) is 27.3 Å². The van der Waals surface area contributed by atoms with E-state index >= 15 is 0 Å². The van der Waals surface area contributed by atoms with Gasteiger partial charge in [-0.15, -0.1) is 0 Å². The molecule has 0 unspecified atom stereocenters. The fraction of sp³-hybridized carbons (Fsp3) is 0.300. The van der Waals surface area contributed by atoms with E-state index in [4.69, 9.17) is 9.47 Å². The van der Waals surface area contributed by atoms with Crippen LogP contribution in [-0.2, 0) is 11.3 Å². The van der Waals surface area contributed by atoms with E-state index in [1.807, 2.05) is 24.3 Å². The molecule has 2 rings (SSSR count). The molecule has 0 aromatic heterocycles. The van der Waals surface area contributed by atoms with Crippen molar-refractivity contribution in [2.45, 2.75) is 13.5 Å². The number of nitrogens with one attached hydrogen (secondary N) is 1. The molecule has 1 N–H and O–H groups in total. The Morgan fingerprint density at radius 3 is 2.31 bits per heavy atom. The van der Waals surface area contributed by atoms with E-state index in [1.54, 1.807) is 43.4 Å². The summed E-state index contributed by atoms with van der Waals surface area (Å²) in [7, 11) is 3.18. The number of amides is 2. The third-order valence-corrected chi connectivity index (χ3v) is 4.02. The second-order valence-electron chi connectivity index (χ2n) is 5.74. The topological polar surface area (TPSA) is 67.9 Å². The van der Waals surface area contributed by atoms with Crippen molar-refractivity contribution < 1.29 is 19.1 Å². The molecular weight excluding hydrogens is 332 g/mol. The monoisotopic (exact) mass is 356 g/mol. The van der Waals surface area contributed by atoms with Crippen LogP contribution in [0.1, 0.15) is 22.8 Å². The van der Waals surface area contributed by atoms with Gasteiger partial charge in [0.25, 0.3) is 5.91 Å². The number of hydrogen-bond donors (Lipinski definition) is 1. The van der Waals surface area contributed by atoms with Crippen molar-refractivity contribution >= 4 is 11.8 Å².